The van der Waals surface area contributed by atoms with Crippen LogP contribution in [-0.4, -0.2) is 31.7 Å². The summed E-state index contributed by atoms with van der Waals surface area (Å²) in [4.78, 5) is 36.1. The second-order valence-corrected chi connectivity index (χ2v) is 8.27. The van der Waals surface area contributed by atoms with Crippen LogP contribution >= 0.6 is 15.9 Å². The molecule has 7 nitrogen and oxygen atoms in total. The molecule has 1 aliphatic heterocycles. The van der Waals surface area contributed by atoms with Crippen LogP contribution in [0.4, 0.5) is 0 Å². The predicted molar refractivity (Wildman–Crippen MR) is 120 cm³/mol. The summed E-state index contributed by atoms with van der Waals surface area (Å²) in [6.45, 7) is 0.197. The summed E-state index contributed by atoms with van der Waals surface area (Å²) in [6, 6.07) is 13.2. The number of benzene rings is 1. The average Bonchev–Trinajstić information content (AvgIpc) is 3.34. The van der Waals surface area contributed by atoms with Crippen LogP contribution < -0.4 is 0 Å². The Morgan fingerprint density at radius 2 is 1.72 bits per heavy atom. The van der Waals surface area contributed by atoms with Crippen molar-refractivity contribution >= 4 is 38.6 Å². The predicted octanol–water partition coefficient (Wildman–Crippen LogP) is 4.76. The molecule has 4 aromatic rings. The lowest BCUT2D eigenvalue weighted by molar-refractivity contribution is -0.130. The van der Waals surface area contributed by atoms with Crippen molar-refractivity contribution in [1.29, 1.82) is 0 Å². The molecule has 0 radical (unpaired) electrons. The van der Waals surface area contributed by atoms with E-state index < -0.39 is 23.5 Å². The first kappa shape index (κ1) is 20.1. The average molecular weight is 490 g/mol. The van der Waals surface area contributed by atoms with Crippen molar-refractivity contribution in [2.75, 3.05) is 0 Å². The SMILES string of the molecule is O=C(C1=C(O)C(=O)N(Cc2ccncc2)C1c1ccncc1)c1cc2cc(Br)ccc2o1. The molecule has 1 unspecified atom stereocenters. The first-order valence-electron chi connectivity index (χ1n) is 9.79. The van der Waals surface area contributed by atoms with Crippen LogP contribution in [0.1, 0.15) is 27.7 Å². The molecule has 3 aromatic heterocycles. The summed E-state index contributed by atoms with van der Waals surface area (Å²) in [6.07, 6.45) is 6.42. The van der Waals surface area contributed by atoms with E-state index in [-0.39, 0.29) is 17.9 Å². The van der Waals surface area contributed by atoms with Gasteiger partial charge in [-0.25, -0.2) is 0 Å². The summed E-state index contributed by atoms with van der Waals surface area (Å²) in [5.74, 6) is -1.68. The van der Waals surface area contributed by atoms with E-state index in [9.17, 15) is 14.7 Å². The molecule has 1 atom stereocenters. The molecule has 4 heterocycles. The van der Waals surface area contributed by atoms with E-state index in [0.717, 1.165) is 15.4 Å². The number of amides is 1. The van der Waals surface area contributed by atoms with Crippen molar-refractivity contribution in [1.82, 2.24) is 14.9 Å². The van der Waals surface area contributed by atoms with Crippen molar-refractivity contribution in [3.8, 4) is 0 Å². The molecule has 1 amide bonds. The van der Waals surface area contributed by atoms with Crippen LogP contribution in [0.3, 0.4) is 0 Å². The van der Waals surface area contributed by atoms with Gasteiger partial charge in [-0.1, -0.05) is 15.9 Å². The number of aromatic nitrogens is 2. The van der Waals surface area contributed by atoms with E-state index in [1.807, 2.05) is 12.1 Å². The van der Waals surface area contributed by atoms with Gasteiger partial charge in [-0.3, -0.25) is 19.6 Å². The maximum atomic E-state index is 13.5. The Balaban J connectivity index is 1.59. The van der Waals surface area contributed by atoms with Gasteiger partial charge < -0.3 is 14.4 Å². The van der Waals surface area contributed by atoms with Gasteiger partial charge in [0.15, 0.2) is 11.5 Å². The Morgan fingerprint density at radius 3 is 2.44 bits per heavy atom. The lowest BCUT2D eigenvalue weighted by Gasteiger charge is -2.26. The number of nitrogens with zero attached hydrogens (tertiary/aromatic N) is 3. The van der Waals surface area contributed by atoms with Crippen LogP contribution in [0.25, 0.3) is 11.0 Å². The number of carbonyl (C=O) groups excluding carboxylic acids is 2. The highest BCUT2D eigenvalue weighted by Crippen LogP contribution is 2.40. The molecule has 1 aromatic carbocycles. The number of aliphatic hydroxyl groups is 1. The van der Waals surface area contributed by atoms with Crippen LogP contribution in [0.5, 0.6) is 0 Å². The number of hydrogen-bond acceptors (Lipinski definition) is 6. The number of rotatable bonds is 5. The number of hydrogen-bond donors (Lipinski definition) is 1. The van der Waals surface area contributed by atoms with E-state index in [2.05, 4.69) is 25.9 Å². The Labute approximate surface area is 191 Å². The maximum Gasteiger partial charge on any atom is 0.290 e. The molecular weight excluding hydrogens is 474 g/mol. The minimum atomic E-state index is -0.786. The highest BCUT2D eigenvalue weighted by Gasteiger charge is 2.44. The lowest BCUT2D eigenvalue weighted by atomic mass is 9.95. The van der Waals surface area contributed by atoms with Gasteiger partial charge in [0, 0.05) is 41.2 Å². The van der Waals surface area contributed by atoms with E-state index in [1.54, 1.807) is 61.2 Å². The first-order valence-corrected chi connectivity index (χ1v) is 10.6. The van der Waals surface area contributed by atoms with E-state index >= 15 is 0 Å². The third kappa shape index (κ3) is 3.48. The topological polar surface area (TPSA) is 96.5 Å². The fourth-order valence-corrected chi connectivity index (χ4v) is 4.26. The van der Waals surface area contributed by atoms with E-state index in [0.29, 0.717) is 11.1 Å². The minimum absolute atomic E-state index is 0.0200. The third-order valence-corrected chi connectivity index (χ3v) is 5.87. The van der Waals surface area contributed by atoms with Gasteiger partial charge in [-0.2, -0.15) is 0 Å². The third-order valence-electron chi connectivity index (χ3n) is 5.37. The summed E-state index contributed by atoms with van der Waals surface area (Å²) in [5.41, 5.74) is 2.00. The molecule has 0 spiro atoms. The number of pyridine rings is 2. The van der Waals surface area contributed by atoms with Crippen molar-refractivity contribution in [2.24, 2.45) is 0 Å². The van der Waals surface area contributed by atoms with Crippen LogP contribution in [0.2, 0.25) is 0 Å². The van der Waals surface area contributed by atoms with Crippen LogP contribution in [0, 0.1) is 0 Å². The number of furan rings is 1. The number of aliphatic hydroxyl groups excluding tert-OH is 1. The van der Waals surface area contributed by atoms with Gasteiger partial charge >= 0.3 is 0 Å². The molecule has 5 rings (SSSR count). The van der Waals surface area contributed by atoms with Gasteiger partial charge in [0.25, 0.3) is 5.91 Å². The fourth-order valence-electron chi connectivity index (χ4n) is 3.88. The minimum Gasteiger partial charge on any atom is -0.503 e. The molecule has 0 saturated carbocycles. The Hall–Kier alpha value is -3.78. The van der Waals surface area contributed by atoms with Crippen molar-refractivity contribution in [3.63, 3.8) is 0 Å². The molecule has 0 bridgehead atoms. The Morgan fingerprint density at radius 1 is 1.03 bits per heavy atom. The molecule has 0 saturated heterocycles. The van der Waals surface area contributed by atoms with Crippen LogP contribution in [-0.2, 0) is 11.3 Å². The second-order valence-electron chi connectivity index (χ2n) is 7.36. The van der Waals surface area contributed by atoms with E-state index in [4.69, 9.17) is 4.42 Å². The smallest absolute Gasteiger partial charge is 0.290 e. The summed E-state index contributed by atoms with van der Waals surface area (Å²) in [7, 11) is 0. The first-order chi connectivity index (χ1) is 15.5. The number of Topliss-reactive ketones (excluding diaryl/α,β-unsaturated/α-hetero) is 1. The zero-order chi connectivity index (χ0) is 22.2. The summed E-state index contributed by atoms with van der Waals surface area (Å²) < 4.78 is 6.60. The van der Waals surface area contributed by atoms with Gasteiger partial charge in [-0.05, 0) is 59.7 Å². The molecule has 158 valence electrons. The standard InChI is InChI=1S/C24H16BrN3O4/c25-17-1-2-18-16(11-17)12-19(32-18)22(29)20-21(15-5-9-27-10-6-15)28(24(31)23(20)30)13-14-3-7-26-8-4-14/h1-12,21,30H,13H2. The fraction of sp³-hybridized carbons (Fsp3) is 0.0833. The highest BCUT2D eigenvalue weighted by atomic mass is 79.9. The van der Waals surface area contributed by atoms with Crippen molar-refractivity contribution in [3.05, 3.63) is 106 Å². The van der Waals surface area contributed by atoms with Gasteiger partial charge in [0.1, 0.15) is 5.58 Å². The number of ketones is 1. The highest BCUT2D eigenvalue weighted by molar-refractivity contribution is 9.10. The zero-order valence-corrected chi connectivity index (χ0v) is 18.2. The quantitative estimate of drug-likeness (QED) is 0.405. The lowest BCUT2D eigenvalue weighted by Crippen LogP contribution is -2.30. The van der Waals surface area contributed by atoms with Gasteiger partial charge in [0.2, 0.25) is 5.78 Å². The van der Waals surface area contributed by atoms with Crippen molar-refractivity contribution in [2.45, 2.75) is 12.6 Å². The second kappa shape index (κ2) is 8.05. The largest absolute Gasteiger partial charge is 0.503 e. The molecule has 0 fully saturated rings. The molecule has 0 aliphatic carbocycles. The number of halogens is 1. The molecule has 1 aliphatic rings. The molecular formula is C24H16BrN3O4. The summed E-state index contributed by atoms with van der Waals surface area (Å²) in [5, 5.41) is 11.5. The van der Waals surface area contributed by atoms with Crippen LogP contribution in [0.15, 0.2) is 93.5 Å². The normalized spacial score (nSPS) is 16.2. The van der Waals surface area contributed by atoms with Gasteiger partial charge in [0.05, 0.1) is 11.6 Å². The Bertz CT molecular complexity index is 1370. The molecule has 8 heteroatoms. The van der Waals surface area contributed by atoms with Gasteiger partial charge in [-0.15, -0.1) is 0 Å². The maximum absolute atomic E-state index is 13.5. The monoisotopic (exact) mass is 489 g/mol. The summed E-state index contributed by atoms with van der Waals surface area (Å²) >= 11 is 3.40. The molecule has 1 N–H and O–H groups in total. The number of carbonyl (C=O) groups is 2. The zero-order valence-electron chi connectivity index (χ0n) is 16.6. The molecule has 32 heavy (non-hydrogen) atoms. The van der Waals surface area contributed by atoms with E-state index in [1.165, 1.54) is 4.90 Å². The number of fused-ring (bicyclic) bond motifs is 1. The Kier molecular flexibility index (Phi) is 5.07. The van der Waals surface area contributed by atoms with Crippen molar-refractivity contribution < 1.29 is 19.1 Å².